The number of rotatable bonds is 4. The van der Waals surface area contributed by atoms with Crippen LogP contribution in [-0.2, 0) is 0 Å². The van der Waals surface area contributed by atoms with Crippen LogP contribution in [0.3, 0.4) is 0 Å². The lowest BCUT2D eigenvalue weighted by molar-refractivity contribution is 0.415. The van der Waals surface area contributed by atoms with Crippen molar-refractivity contribution in [2.24, 2.45) is 0 Å². The number of ether oxygens (including phenoxy) is 1. The second-order valence-corrected chi connectivity index (χ2v) is 4.26. The number of nitrogens with zero attached hydrogens (tertiary/aromatic N) is 6. The summed E-state index contributed by atoms with van der Waals surface area (Å²) in [7, 11) is 1.61. The van der Waals surface area contributed by atoms with Gasteiger partial charge in [-0.1, -0.05) is 0 Å². The Hall–Kier alpha value is -2.74. The molecule has 0 saturated heterocycles. The first-order valence-electron chi connectivity index (χ1n) is 5.92. The molecule has 0 spiro atoms. The summed E-state index contributed by atoms with van der Waals surface area (Å²) in [6.07, 6.45) is 2.86. The minimum atomic E-state index is 0.0616. The highest BCUT2D eigenvalue weighted by molar-refractivity contribution is 6.28. The van der Waals surface area contributed by atoms with Crippen molar-refractivity contribution in [1.82, 2.24) is 29.7 Å². The Morgan fingerprint density at radius 1 is 1.14 bits per heavy atom. The van der Waals surface area contributed by atoms with Crippen LogP contribution in [0.25, 0.3) is 5.95 Å². The van der Waals surface area contributed by atoms with Crippen LogP contribution in [0.5, 0.6) is 5.75 Å². The zero-order valence-corrected chi connectivity index (χ0v) is 11.7. The van der Waals surface area contributed by atoms with Crippen molar-refractivity contribution >= 4 is 23.2 Å². The van der Waals surface area contributed by atoms with Crippen LogP contribution in [0.1, 0.15) is 0 Å². The smallest absolute Gasteiger partial charge is 0.258 e. The van der Waals surface area contributed by atoms with E-state index >= 15 is 0 Å². The van der Waals surface area contributed by atoms with Gasteiger partial charge in [0.2, 0.25) is 11.2 Å². The van der Waals surface area contributed by atoms with Gasteiger partial charge < -0.3 is 10.1 Å². The lowest BCUT2D eigenvalue weighted by atomic mass is 10.3. The monoisotopic (exact) mass is 303 g/mol. The topological polar surface area (TPSA) is 90.6 Å². The highest BCUT2D eigenvalue weighted by Crippen LogP contribution is 2.18. The summed E-state index contributed by atoms with van der Waals surface area (Å²) in [5.74, 6) is 1.35. The standard InChI is InChI=1S/C12H10ClN7O/c1-21-9-4-2-8(3-5-9)16-11-17-10(13)18-12(19-11)20-7-14-6-15-20/h2-7H,1H3,(H,16,17,18,19). The van der Waals surface area contributed by atoms with Gasteiger partial charge in [0.05, 0.1) is 7.11 Å². The van der Waals surface area contributed by atoms with E-state index in [4.69, 9.17) is 16.3 Å². The number of anilines is 2. The molecule has 0 unspecified atom stereocenters. The van der Waals surface area contributed by atoms with Gasteiger partial charge in [0.15, 0.2) is 0 Å². The van der Waals surface area contributed by atoms with Gasteiger partial charge >= 0.3 is 0 Å². The molecule has 0 aliphatic heterocycles. The third kappa shape index (κ3) is 3.06. The second kappa shape index (κ2) is 5.71. The lowest BCUT2D eigenvalue weighted by Crippen LogP contribution is -2.06. The van der Waals surface area contributed by atoms with Crippen molar-refractivity contribution in [3.63, 3.8) is 0 Å². The van der Waals surface area contributed by atoms with Crippen molar-refractivity contribution < 1.29 is 4.74 Å². The molecule has 0 saturated carbocycles. The number of benzene rings is 1. The maximum absolute atomic E-state index is 5.90. The predicted molar refractivity (Wildman–Crippen MR) is 76.0 cm³/mol. The number of nitrogens with one attached hydrogen (secondary N) is 1. The average Bonchev–Trinajstić information content (AvgIpc) is 3.02. The second-order valence-electron chi connectivity index (χ2n) is 3.92. The van der Waals surface area contributed by atoms with Crippen LogP contribution in [0.2, 0.25) is 5.28 Å². The van der Waals surface area contributed by atoms with Gasteiger partial charge in [-0.05, 0) is 35.9 Å². The largest absolute Gasteiger partial charge is 0.497 e. The fourth-order valence-corrected chi connectivity index (χ4v) is 1.77. The number of hydrogen-bond donors (Lipinski definition) is 1. The van der Waals surface area contributed by atoms with Gasteiger partial charge in [-0.2, -0.15) is 24.7 Å². The van der Waals surface area contributed by atoms with Crippen molar-refractivity contribution in [1.29, 1.82) is 0 Å². The van der Waals surface area contributed by atoms with E-state index in [9.17, 15) is 0 Å². The molecule has 0 fully saturated rings. The summed E-state index contributed by atoms with van der Waals surface area (Å²) in [6.45, 7) is 0. The molecule has 1 N–H and O–H groups in total. The predicted octanol–water partition coefficient (Wildman–Crippen LogP) is 1.86. The molecule has 2 aromatic heterocycles. The van der Waals surface area contributed by atoms with Crippen LogP contribution in [0.15, 0.2) is 36.9 Å². The van der Waals surface area contributed by atoms with E-state index in [0.29, 0.717) is 5.95 Å². The minimum Gasteiger partial charge on any atom is -0.497 e. The Labute approximate surface area is 124 Å². The van der Waals surface area contributed by atoms with Gasteiger partial charge in [0.1, 0.15) is 18.4 Å². The maximum Gasteiger partial charge on any atom is 0.258 e. The fourth-order valence-electron chi connectivity index (χ4n) is 1.61. The first-order valence-corrected chi connectivity index (χ1v) is 6.30. The zero-order valence-electron chi connectivity index (χ0n) is 10.9. The van der Waals surface area contributed by atoms with Gasteiger partial charge in [-0.3, -0.25) is 0 Å². The summed E-state index contributed by atoms with van der Waals surface area (Å²) < 4.78 is 6.49. The van der Waals surface area contributed by atoms with Crippen molar-refractivity contribution in [3.8, 4) is 11.7 Å². The molecule has 106 valence electrons. The Morgan fingerprint density at radius 3 is 2.62 bits per heavy atom. The Morgan fingerprint density at radius 2 is 1.95 bits per heavy atom. The van der Waals surface area contributed by atoms with E-state index in [1.807, 2.05) is 24.3 Å². The number of aromatic nitrogens is 6. The van der Waals surface area contributed by atoms with Crippen molar-refractivity contribution in [2.75, 3.05) is 12.4 Å². The molecular weight excluding hydrogens is 294 g/mol. The molecule has 21 heavy (non-hydrogen) atoms. The van der Waals surface area contributed by atoms with E-state index in [1.54, 1.807) is 7.11 Å². The van der Waals surface area contributed by atoms with E-state index in [0.717, 1.165) is 11.4 Å². The van der Waals surface area contributed by atoms with Gasteiger partial charge in [-0.15, -0.1) is 0 Å². The fraction of sp³-hybridized carbons (Fsp3) is 0.0833. The van der Waals surface area contributed by atoms with Gasteiger partial charge in [0.25, 0.3) is 5.95 Å². The third-order valence-electron chi connectivity index (χ3n) is 2.57. The van der Waals surface area contributed by atoms with E-state index < -0.39 is 0 Å². The molecule has 0 aliphatic rings. The molecule has 3 aromatic rings. The van der Waals surface area contributed by atoms with Crippen LogP contribution in [0.4, 0.5) is 11.6 Å². The molecule has 2 heterocycles. The SMILES string of the molecule is COc1ccc(Nc2nc(Cl)nc(-n3cncn3)n2)cc1. The maximum atomic E-state index is 5.90. The molecule has 3 rings (SSSR count). The quantitative estimate of drug-likeness (QED) is 0.786. The first kappa shape index (κ1) is 13.3. The Balaban J connectivity index is 1.88. The Bertz CT molecular complexity index is 730. The summed E-state index contributed by atoms with van der Waals surface area (Å²) in [5.41, 5.74) is 0.794. The molecule has 0 amide bonds. The molecule has 0 aliphatic carbocycles. The minimum absolute atomic E-state index is 0.0616. The Kier molecular flexibility index (Phi) is 3.61. The highest BCUT2D eigenvalue weighted by Gasteiger charge is 2.07. The lowest BCUT2D eigenvalue weighted by Gasteiger charge is -2.07. The van der Waals surface area contributed by atoms with E-state index in [2.05, 4.69) is 30.4 Å². The van der Waals surface area contributed by atoms with Crippen molar-refractivity contribution in [3.05, 3.63) is 42.2 Å². The van der Waals surface area contributed by atoms with Crippen molar-refractivity contribution in [2.45, 2.75) is 0 Å². The molecular formula is C12H10ClN7O. The molecule has 0 bridgehead atoms. The average molecular weight is 304 g/mol. The highest BCUT2D eigenvalue weighted by atomic mass is 35.5. The van der Waals surface area contributed by atoms with Crippen LogP contribution in [-0.4, -0.2) is 36.8 Å². The summed E-state index contributed by atoms with van der Waals surface area (Å²) in [6, 6.07) is 7.32. The van der Waals surface area contributed by atoms with Crippen LogP contribution >= 0.6 is 11.6 Å². The number of methoxy groups -OCH3 is 1. The normalized spacial score (nSPS) is 10.4. The third-order valence-corrected chi connectivity index (χ3v) is 2.74. The molecule has 0 atom stereocenters. The molecule has 0 radical (unpaired) electrons. The molecule has 8 nitrogen and oxygen atoms in total. The summed E-state index contributed by atoms with van der Waals surface area (Å²) >= 11 is 5.90. The first-order chi connectivity index (χ1) is 10.2. The van der Waals surface area contributed by atoms with E-state index in [1.165, 1.54) is 17.3 Å². The van der Waals surface area contributed by atoms with Crippen LogP contribution < -0.4 is 10.1 Å². The number of halogens is 1. The zero-order chi connectivity index (χ0) is 14.7. The van der Waals surface area contributed by atoms with Gasteiger partial charge in [0, 0.05) is 5.69 Å². The van der Waals surface area contributed by atoms with Crippen LogP contribution in [0, 0.1) is 0 Å². The summed E-state index contributed by atoms with van der Waals surface area (Å²) in [4.78, 5) is 16.1. The summed E-state index contributed by atoms with van der Waals surface area (Å²) in [5, 5.41) is 7.04. The van der Waals surface area contributed by atoms with E-state index in [-0.39, 0.29) is 11.2 Å². The molecule has 1 aromatic carbocycles. The van der Waals surface area contributed by atoms with Gasteiger partial charge in [-0.25, -0.2) is 4.98 Å². The number of hydrogen-bond acceptors (Lipinski definition) is 7. The molecule has 9 heteroatoms.